The van der Waals surface area contributed by atoms with Crippen molar-refractivity contribution in [3.8, 4) is 0 Å². The zero-order valence-corrected chi connectivity index (χ0v) is 12.7. The number of nitrogens with two attached hydrogens (primary N) is 1. The maximum absolute atomic E-state index is 6.22. The largest absolute Gasteiger partial charge is 0.376 e. The van der Waals surface area contributed by atoms with E-state index in [0.717, 1.165) is 12.0 Å². The quantitative estimate of drug-likeness (QED) is 0.743. The van der Waals surface area contributed by atoms with Gasteiger partial charge in [0.2, 0.25) is 0 Å². The fraction of sp³-hybridized carbons (Fsp3) is 0.600. The third-order valence-corrected chi connectivity index (χ3v) is 3.25. The Kier molecular flexibility index (Phi) is 7.39. The molecule has 0 radical (unpaired) electrons. The van der Waals surface area contributed by atoms with Gasteiger partial charge in [0.25, 0.3) is 0 Å². The summed E-state index contributed by atoms with van der Waals surface area (Å²) >= 11 is 6.22. The summed E-state index contributed by atoms with van der Waals surface area (Å²) in [6.07, 6.45) is 0.859. The maximum atomic E-state index is 6.22. The highest BCUT2D eigenvalue weighted by Crippen LogP contribution is 2.28. The Labute approximate surface area is 121 Å². The number of ether oxygens (including phenoxy) is 2. The molecule has 19 heavy (non-hydrogen) atoms. The van der Waals surface area contributed by atoms with Gasteiger partial charge in [-0.1, -0.05) is 36.7 Å². The molecule has 0 saturated carbocycles. The third-order valence-electron chi connectivity index (χ3n) is 2.90. The van der Waals surface area contributed by atoms with Gasteiger partial charge in [-0.2, -0.15) is 0 Å². The van der Waals surface area contributed by atoms with E-state index in [1.54, 1.807) is 0 Å². The van der Waals surface area contributed by atoms with E-state index < -0.39 is 0 Å². The van der Waals surface area contributed by atoms with E-state index in [0.29, 0.717) is 18.2 Å². The van der Waals surface area contributed by atoms with Gasteiger partial charge in [0.15, 0.2) is 0 Å². The standard InChI is InChI=1S/C15H24ClNO2/c1-4-14(17)15(19-10-9-18-11(2)3)12-7-5-6-8-13(12)16/h5-8,11,14-15H,4,9-10,17H2,1-3H3. The van der Waals surface area contributed by atoms with E-state index in [9.17, 15) is 0 Å². The summed E-state index contributed by atoms with van der Waals surface area (Å²) in [6, 6.07) is 7.61. The lowest BCUT2D eigenvalue weighted by Gasteiger charge is -2.25. The van der Waals surface area contributed by atoms with Crippen LogP contribution in [0.2, 0.25) is 5.02 Å². The van der Waals surface area contributed by atoms with Crippen LogP contribution in [0.15, 0.2) is 24.3 Å². The van der Waals surface area contributed by atoms with Crippen molar-refractivity contribution in [1.82, 2.24) is 0 Å². The molecule has 0 aliphatic carbocycles. The Morgan fingerprint density at radius 2 is 1.79 bits per heavy atom. The molecular formula is C15H24ClNO2. The minimum atomic E-state index is -0.186. The summed E-state index contributed by atoms with van der Waals surface area (Å²) in [6.45, 7) is 7.13. The first-order chi connectivity index (χ1) is 9.06. The normalized spacial score (nSPS) is 14.6. The molecule has 0 fully saturated rings. The first-order valence-corrected chi connectivity index (χ1v) is 7.17. The van der Waals surface area contributed by atoms with Gasteiger partial charge in [-0.05, 0) is 26.3 Å². The highest BCUT2D eigenvalue weighted by Gasteiger charge is 2.21. The fourth-order valence-electron chi connectivity index (χ4n) is 1.82. The highest BCUT2D eigenvalue weighted by molar-refractivity contribution is 6.31. The number of halogens is 1. The van der Waals surface area contributed by atoms with E-state index >= 15 is 0 Å². The lowest BCUT2D eigenvalue weighted by molar-refractivity contribution is -0.0224. The number of benzene rings is 1. The Morgan fingerprint density at radius 1 is 1.16 bits per heavy atom. The molecule has 108 valence electrons. The van der Waals surface area contributed by atoms with Crippen molar-refractivity contribution >= 4 is 11.6 Å². The van der Waals surface area contributed by atoms with E-state index in [2.05, 4.69) is 0 Å². The van der Waals surface area contributed by atoms with E-state index in [-0.39, 0.29) is 18.2 Å². The Hall–Kier alpha value is -0.610. The Bertz CT molecular complexity index is 371. The van der Waals surface area contributed by atoms with Crippen molar-refractivity contribution in [3.63, 3.8) is 0 Å². The molecule has 0 aromatic heterocycles. The van der Waals surface area contributed by atoms with Gasteiger partial charge >= 0.3 is 0 Å². The van der Waals surface area contributed by atoms with Gasteiger partial charge in [0.1, 0.15) is 0 Å². The number of rotatable bonds is 8. The second-order valence-electron chi connectivity index (χ2n) is 4.80. The lowest BCUT2D eigenvalue weighted by Crippen LogP contribution is -2.30. The van der Waals surface area contributed by atoms with Crippen LogP contribution in [-0.2, 0) is 9.47 Å². The molecule has 0 amide bonds. The van der Waals surface area contributed by atoms with Gasteiger partial charge in [-0.3, -0.25) is 0 Å². The molecule has 1 aromatic rings. The average Bonchev–Trinajstić information content (AvgIpc) is 2.39. The summed E-state index contributed by atoms with van der Waals surface area (Å²) < 4.78 is 11.4. The summed E-state index contributed by atoms with van der Waals surface area (Å²) in [7, 11) is 0. The van der Waals surface area contributed by atoms with Crippen LogP contribution in [0.5, 0.6) is 0 Å². The van der Waals surface area contributed by atoms with E-state index in [1.165, 1.54) is 0 Å². The van der Waals surface area contributed by atoms with Crippen molar-refractivity contribution in [3.05, 3.63) is 34.9 Å². The third kappa shape index (κ3) is 5.49. The molecule has 3 nitrogen and oxygen atoms in total. The van der Waals surface area contributed by atoms with E-state index in [4.69, 9.17) is 26.8 Å². The number of hydrogen-bond donors (Lipinski definition) is 1. The minimum Gasteiger partial charge on any atom is -0.376 e. The molecule has 0 bridgehead atoms. The van der Waals surface area contributed by atoms with E-state index in [1.807, 2.05) is 45.0 Å². The second kappa shape index (κ2) is 8.54. The molecule has 1 rings (SSSR count). The molecule has 0 saturated heterocycles. The van der Waals surface area contributed by atoms with Crippen LogP contribution in [0.4, 0.5) is 0 Å². The van der Waals surface area contributed by atoms with Gasteiger partial charge < -0.3 is 15.2 Å². The molecule has 0 aliphatic heterocycles. The zero-order valence-electron chi connectivity index (χ0n) is 11.9. The Morgan fingerprint density at radius 3 is 2.37 bits per heavy atom. The van der Waals surface area contributed by atoms with Crippen LogP contribution in [-0.4, -0.2) is 25.4 Å². The minimum absolute atomic E-state index is 0.0704. The van der Waals surface area contributed by atoms with Crippen LogP contribution in [0.1, 0.15) is 38.9 Å². The molecule has 0 heterocycles. The van der Waals surface area contributed by atoms with Crippen LogP contribution >= 0.6 is 11.6 Å². The van der Waals surface area contributed by atoms with Crippen LogP contribution in [0, 0.1) is 0 Å². The molecule has 0 aliphatic rings. The molecule has 1 aromatic carbocycles. The van der Waals surface area contributed by atoms with Crippen molar-refractivity contribution in [2.45, 2.75) is 45.4 Å². The molecule has 4 heteroatoms. The second-order valence-corrected chi connectivity index (χ2v) is 5.21. The highest BCUT2D eigenvalue weighted by atomic mass is 35.5. The summed E-state index contributed by atoms with van der Waals surface area (Å²) in [5.41, 5.74) is 7.08. The summed E-state index contributed by atoms with van der Waals surface area (Å²) in [5, 5.41) is 0.696. The SMILES string of the molecule is CCC(N)C(OCCOC(C)C)c1ccccc1Cl. The van der Waals surface area contributed by atoms with Crippen molar-refractivity contribution < 1.29 is 9.47 Å². The molecule has 0 spiro atoms. The lowest BCUT2D eigenvalue weighted by atomic mass is 10.0. The van der Waals surface area contributed by atoms with Crippen molar-refractivity contribution in [1.29, 1.82) is 0 Å². The Balaban J connectivity index is 2.65. The first-order valence-electron chi connectivity index (χ1n) is 6.79. The van der Waals surface area contributed by atoms with Crippen molar-refractivity contribution in [2.24, 2.45) is 5.73 Å². The van der Waals surface area contributed by atoms with Crippen molar-refractivity contribution in [2.75, 3.05) is 13.2 Å². The predicted octanol–water partition coefficient (Wildman–Crippen LogP) is 3.56. The summed E-state index contributed by atoms with van der Waals surface area (Å²) in [4.78, 5) is 0. The molecule has 2 N–H and O–H groups in total. The monoisotopic (exact) mass is 285 g/mol. The molecular weight excluding hydrogens is 262 g/mol. The van der Waals surface area contributed by atoms with Gasteiger partial charge in [0, 0.05) is 16.6 Å². The first kappa shape index (κ1) is 16.4. The van der Waals surface area contributed by atoms with Crippen LogP contribution in [0.3, 0.4) is 0 Å². The van der Waals surface area contributed by atoms with Gasteiger partial charge in [-0.25, -0.2) is 0 Å². The fourth-order valence-corrected chi connectivity index (χ4v) is 2.07. The smallest absolute Gasteiger partial charge is 0.0991 e. The molecule has 2 unspecified atom stereocenters. The predicted molar refractivity (Wildman–Crippen MR) is 79.5 cm³/mol. The zero-order chi connectivity index (χ0) is 14.3. The van der Waals surface area contributed by atoms with Crippen LogP contribution in [0.25, 0.3) is 0 Å². The topological polar surface area (TPSA) is 44.5 Å². The number of hydrogen-bond acceptors (Lipinski definition) is 3. The van der Waals surface area contributed by atoms with Gasteiger partial charge in [0.05, 0.1) is 25.4 Å². The summed E-state index contributed by atoms with van der Waals surface area (Å²) in [5.74, 6) is 0. The average molecular weight is 286 g/mol. The maximum Gasteiger partial charge on any atom is 0.0991 e. The molecule has 2 atom stereocenters. The van der Waals surface area contributed by atoms with Crippen LogP contribution < -0.4 is 5.73 Å². The van der Waals surface area contributed by atoms with Gasteiger partial charge in [-0.15, -0.1) is 0 Å².